The van der Waals surface area contributed by atoms with Crippen molar-refractivity contribution in [3.8, 4) is 5.75 Å². The highest BCUT2D eigenvalue weighted by Crippen LogP contribution is 2.32. The number of anilines is 1. The normalized spacial score (nSPS) is 15.1. The molecular weight excluding hydrogens is 532 g/mol. The number of likely N-dealkylation sites (tertiary alicyclic amines) is 1. The van der Waals surface area contributed by atoms with Gasteiger partial charge in [-0.1, -0.05) is 60.7 Å². The SMILES string of the molecule is NC(C(=O)N1CCC(c2ccc(S(=O)(=O)Nc3cncs3)cc2)CC1)c1ccccc1OCc1ccccc1. The number of carbonyl (C=O) groups excluding carboxylic acids is 1. The summed E-state index contributed by atoms with van der Waals surface area (Å²) in [6.07, 6.45) is 3.03. The lowest BCUT2D eigenvalue weighted by atomic mass is 9.89. The minimum Gasteiger partial charge on any atom is -0.489 e. The van der Waals surface area contributed by atoms with Crippen molar-refractivity contribution in [1.82, 2.24) is 9.88 Å². The van der Waals surface area contributed by atoms with Crippen molar-refractivity contribution in [2.24, 2.45) is 5.73 Å². The van der Waals surface area contributed by atoms with Gasteiger partial charge in [0.15, 0.2) is 0 Å². The summed E-state index contributed by atoms with van der Waals surface area (Å²) in [7, 11) is -3.67. The standard InChI is InChI=1S/C29H30N4O4S2/c30-28(25-8-4-5-9-26(25)37-19-21-6-2-1-3-7-21)29(34)33-16-14-23(15-17-33)22-10-12-24(13-11-22)39(35,36)32-27-18-31-20-38-27/h1-13,18,20,23,28,32H,14-17,19,30H2. The molecule has 202 valence electrons. The Hall–Kier alpha value is -3.73. The molecule has 0 bridgehead atoms. The molecule has 1 fully saturated rings. The summed E-state index contributed by atoms with van der Waals surface area (Å²) in [6, 6.07) is 23.4. The molecule has 10 heteroatoms. The monoisotopic (exact) mass is 562 g/mol. The number of ether oxygens (including phenoxy) is 1. The molecule has 1 aliphatic rings. The fourth-order valence-corrected chi connectivity index (χ4v) is 6.55. The van der Waals surface area contributed by atoms with Gasteiger partial charge in [0.25, 0.3) is 10.0 Å². The Balaban J connectivity index is 1.18. The number of nitrogens with one attached hydrogen (secondary N) is 1. The average Bonchev–Trinajstić information content (AvgIpc) is 3.48. The van der Waals surface area contributed by atoms with Gasteiger partial charge in [-0.05, 0) is 48.1 Å². The van der Waals surface area contributed by atoms with Crippen LogP contribution in [0.5, 0.6) is 5.75 Å². The van der Waals surface area contributed by atoms with Gasteiger partial charge < -0.3 is 15.4 Å². The molecule has 3 aromatic carbocycles. The zero-order chi connectivity index (χ0) is 27.2. The third-order valence-electron chi connectivity index (χ3n) is 6.89. The van der Waals surface area contributed by atoms with Crippen LogP contribution < -0.4 is 15.2 Å². The van der Waals surface area contributed by atoms with Crippen LogP contribution in [0.4, 0.5) is 5.00 Å². The summed E-state index contributed by atoms with van der Waals surface area (Å²) in [5, 5.41) is 0.472. The molecule has 8 nitrogen and oxygen atoms in total. The van der Waals surface area contributed by atoms with Crippen molar-refractivity contribution >= 4 is 32.3 Å². The number of sulfonamides is 1. The Kier molecular flexibility index (Phi) is 8.25. The summed E-state index contributed by atoms with van der Waals surface area (Å²) < 4.78 is 33.8. The molecule has 1 saturated heterocycles. The molecule has 4 aromatic rings. The van der Waals surface area contributed by atoms with E-state index in [4.69, 9.17) is 10.5 Å². The van der Waals surface area contributed by atoms with E-state index in [0.29, 0.717) is 36.0 Å². The highest BCUT2D eigenvalue weighted by Gasteiger charge is 2.29. The zero-order valence-corrected chi connectivity index (χ0v) is 22.9. The molecular formula is C29H30N4O4S2. The van der Waals surface area contributed by atoms with Crippen LogP contribution in [0.1, 0.15) is 41.5 Å². The number of para-hydroxylation sites is 1. The lowest BCUT2D eigenvalue weighted by Crippen LogP contribution is -2.43. The maximum absolute atomic E-state index is 13.3. The van der Waals surface area contributed by atoms with E-state index in [1.165, 1.54) is 17.5 Å². The molecule has 5 rings (SSSR count). The molecule has 3 N–H and O–H groups in total. The Bertz CT molecular complexity index is 1490. The number of hydrogen-bond donors (Lipinski definition) is 2. The molecule has 0 aliphatic carbocycles. The molecule has 1 aromatic heterocycles. The maximum Gasteiger partial charge on any atom is 0.262 e. The predicted octanol–water partition coefficient (Wildman–Crippen LogP) is 4.93. The highest BCUT2D eigenvalue weighted by atomic mass is 32.2. The predicted molar refractivity (Wildman–Crippen MR) is 152 cm³/mol. The number of nitrogens with zero attached hydrogens (tertiary/aromatic N) is 2. The molecule has 0 radical (unpaired) electrons. The number of nitrogens with two attached hydrogens (primary N) is 1. The van der Waals surface area contributed by atoms with Crippen molar-refractivity contribution in [3.05, 3.63) is 107 Å². The summed E-state index contributed by atoms with van der Waals surface area (Å²) in [5.74, 6) is 0.717. The topological polar surface area (TPSA) is 115 Å². The van der Waals surface area contributed by atoms with E-state index in [1.54, 1.807) is 17.6 Å². The van der Waals surface area contributed by atoms with Crippen LogP contribution >= 0.6 is 11.3 Å². The molecule has 39 heavy (non-hydrogen) atoms. The fourth-order valence-electron chi connectivity index (χ4n) is 4.74. The fraction of sp³-hybridized carbons (Fsp3) is 0.241. The maximum atomic E-state index is 13.3. The minimum absolute atomic E-state index is 0.125. The first-order valence-corrected chi connectivity index (χ1v) is 15.1. The Morgan fingerprint density at radius 2 is 1.72 bits per heavy atom. The van der Waals surface area contributed by atoms with Gasteiger partial charge in [-0.25, -0.2) is 8.42 Å². The number of benzene rings is 3. The van der Waals surface area contributed by atoms with Gasteiger partial charge in [0.1, 0.15) is 23.4 Å². The van der Waals surface area contributed by atoms with E-state index >= 15 is 0 Å². The van der Waals surface area contributed by atoms with Gasteiger partial charge in [-0.15, -0.1) is 11.3 Å². The average molecular weight is 563 g/mol. The second-order valence-corrected chi connectivity index (χ2v) is 12.0. The number of piperidine rings is 1. The largest absolute Gasteiger partial charge is 0.489 e. The number of hydrogen-bond acceptors (Lipinski definition) is 7. The van der Waals surface area contributed by atoms with E-state index in [-0.39, 0.29) is 16.7 Å². The van der Waals surface area contributed by atoms with E-state index in [9.17, 15) is 13.2 Å². The third-order valence-corrected chi connectivity index (χ3v) is 9.09. The summed E-state index contributed by atoms with van der Waals surface area (Å²) in [6.45, 7) is 1.56. The summed E-state index contributed by atoms with van der Waals surface area (Å²) >= 11 is 1.23. The second kappa shape index (κ2) is 12.0. The quantitative estimate of drug-likeness (QED) is 0.299. The number of rotatable bonds is 9. The Labute approximate surface area is 232 Å². The molecule has 0 spiro atoms. The van der Waals surface area contributed by atoms with Gasteiger partial charge in [0.2, 0.25) is 5.91 Å². The first-order chi connectivity index (χ1) is 18.9. The smallest absolute Gasteiger partial charge is 0.262 e. The van der Waals surface area contributed by atoms with Gasteiger partial charge in [-0.2, -0.15) is 0 Å². The van der Waals surface area contributed by atoms with Crippen molar-refractivity contribution in [2.45, 2.75) is 36.3 Å². The molecule has 1 aliphatic heterocycles. The van der Waals surface area contributed by atoms with E-state index in [2.05, 4.69) is 9.71 Å². The van der Waals surface area contributed by atoms with E-state index < -0.39 is 16.1 Å². The highest BCUT2D eigenvalue weighted by molar-refractivity contribution is 7.93. The van der Waals surface area contributed by atoms with Crippen LogP contribution in [-0.4, -0.2) is 37.3 Å². The number of amides is 1. The first-order valence-electron chi connectivity index (χ1n) is 12.7. The van der Waals surface area contributed by atoms with Crippen LogP contribution in [0, 0.1) is 0 Å². The van der Waals surface area contributed by atoms with Gasteiger partial charge in [0.05, 0.1) is 16.6 Å². The number of carbonyl (C=O) groups is 1. The first kappa shape index (κ1) is 26.9. The Morgan fingerprint density at radius 3 is 2.41 bits per heavy atom. The van der Waals surface area contributed by atoms with E-state index in [0.717, 1.165) is 24.0 Å². The van der Waals surface area contributed by atoms with Crippen molar-refractivity contribution in [3.63, 3.8) is 0 Å². The number of thiazole rings is 1. The van der Waals surface area contributed by atoms with Crippen molar-refractivity contribution < 1.29 is 17.9 Å². The Morgan fingerprint density at radius 1 is 1.03 bits per heavy atom. The molecule has 1 amide bonds. The summed E-state index contributed by atoms with van der Waals surface area (Å²) in [4.78, 5) is 19.2. The van der Waals surface area contributed by atoms with Crippen LogP contribution in [-0.2, 0) is 21.4 Å². The van der Waals surface area contributed by atoms with Crippen LogP contribution in [0.3, 0.4) is 0 Å². The summed E-state index contributed by atoms with van der Waals surface area (Å²) in [5.41, 5.74) is 10.8. The van der Waals surface area contributed by atoms with Crippen LogP contribution in [0.15, 0.2) is 95.5 Å². The van der Waals surface area contributed by atoms with E-state index in [1.807, 2.05) is 71.6 Å². The van der Waals surface area contributed by atoms with Crippen LogP contribution in [0.2, 0.25) is 0 Å². The van der Waals surface area contributed by atoms with Gasteiger partial charge >= 0.3 is 0 Å². The zero-order valence-electron chi connectivity index (χ0n) is 21.3. The van der Waals surface area contributed by atoms with Crippen molar-refractivity contribution in [2.75, 3.05) is 17.8 Å². The number of aromatic nitrogens is 1. The van der Waals surface area contributed by atoms with Crippen LogP contribution in [0.25, 0.3) is 0 Å². The van der Waals surface area contributed by atoms with Gasteiger partial charge in [0, 0.05) is 18.7 Å². The molecule has 0 saturated carbocycles. The lowest BCUT2D eigenvalue weighted by molar-refractivity contribution is -0.133. The second-order valence-electron chi connectivity index (χ2n) is 9.43. The lowest BCUT2D eigenvalue weighted by Gasteiger charge is -2.34. The van der Waals surface area contributed by atoms with Gasteiger partial charge in [-0.3, -0.25) is 14.5 Å². The molecule has 1 atom stereocenters. The third kappa shape index (κ3) is 6.47. The molecule has 1 unspecified atom stereocenters. The molecule has 2 heterocycles. The van der Waals surface area contributed by atoms with Crippen molar-refractivity contribution in [1.29, 1.82) is 0 Å². The minimum atomic E-state index is -3.67.